The van der Waals surface area contributed by atoms with Crippen LogP contribution in [-0.2, 0) is 0 Å². The average molecular weight is 322 g/mol. The number of aromatic amines is 1. The zero-order valence-corrected chi connectivity index (χ0v) is 14.2. The Morgan fingerprint density at radius 2 is 1.83 bits per heavy atom. The number of amides is 1. The van der Waals surface area contributed by atoms with Crippen LogP contribution in [0.4, 0.5) is 0 Å². The first kappa shape index (κ1) is 17.0. The van der Waals surface area contributed by atoms with Gasteiger partial charge in [0.15, 0.2) is 11.5 Å². The van der Waals surface area contributed by atoms with Crippen LogP contribution in [0.5, 0.6) is 17.2 Å². The van der Waals surface area contributed by atoms with Gasteiger partial charge in [-0.15, -0.1) is 0 Å². The minimum Gasteiger partial charge on any atom is -0.493 e. The molecular weight excluding hydrogens is 298 g/mol. The number of carbonyl (C=O) groups is 1. The maximum Gasteiger partial charge on any atom is 0.267 e. The van der Waals surface area contributed by atoms with Crippen molar-refractivity contribution >= 4 is 16.8 Å². The summed E-state index contributed by atoms with van der Waals surface area (Å²) in [5.41, 5.74) is 1.23. The van der Waals surface area contributed by atoms with Gasteiger partial charge in [-0.05, 0) is 6.07 Å². The van der Waals surface area contributed by atoms with Crippen LogP contribution in [0.2, 0.25) is 0 Å². The third-order valence-electron chi connectivity index (χ3n) is 3.58. The average Bonchev–Trinajstić information content (AvgIpc) is 2.95. The number of hydrogen-bond donors (Lipinski definition) is 3. The molecule has 0 unspecified atom stereocenters. The number of rotatable bonds is 7. The lowest BCUT2D eigenvalue weighted by atomic mass is 10.2. The number of likely N-dealkylation sites (N-methyl/N-ethyl adjacent to an activating group) is 1. The molecule has 2 aromatic rings. The first-order chi connectivity index (χ1) is 11.0. The number of benzene rings is 1. The van der Waals surface area contributed by atoms with Gasteiger partial charge in [0.2, 0.25) is 5.75 Å². The predicted octanol–water partition coefficient (Wildman–Crippen LogP) is 0.0680. The lowest BCUT2D eigenvalue weighted by molar-refractivity contribution is -0.856. The van der Waals surface area contributed by atoms with Crippen molar-refractivity contribution in [2.45, 2.75) is 0 Å². The minimum atomic E-state index is -0.151. The number of aromatic nitrogens is 1. The summed E-state index contributed by atoms with van der Waals surface area (Å²) in [6.45, 7) is 1.47. The summed E-state index contributed by atoms with van der Waals surface area (Å²) < 4.78 is 16.1. The van der Waals surface area contributed by atoms with Crippen LogP contribution in [0.1, 0.15) is 10.5 Å². The molecule has 0 atom stereocenters. The predicted molar refractivity (Wildman–Crippen MR) is 88.0 cm³/mol. The molecule has 0 saturated carbocycles. The minimum absolute atomic E-state index is 0.151. The van der Waals surface area contributed by atoms with Crippen LogP contribution in [0, 0.1) is 0 Å². The largest absolute Gasteiger partial charge is 0.493 e. The van der Waals surface area contributed by atoms with E-state index in [4.69, 9.17) is 14.2 Å². The highest BCUT2D eigenvalue weighted by Gasteiger charge is 2.19. The van der Waals surface area contributed by atoms with Crippen molar-refractivity contribution < 1.29 is 23.9 Å². The highest BCUT2D eigenvalue weighted by molar-refractivity contribution is 6.01. The molecule has 0 fully saturated rings. The van der Waals surface area contributed by atoms with Gasteiger partial charge >= 0.3 is 0 Å². The van der Waals surface area contributed by atoms with E-state index >= 15 is 0 Å². The highest BCUT2D eigenvalue weighted by atomic mass is 16.5. The molecule has 0 spiro atoms. The quantitative estimate of drug-likeness (QED) is 0.674. The Hall–Kier alpha value is -2.41. The first-order valence-electron chi connectivity index (χ1n) is 7.40. The fraction of sp³-hybridized carbons (Fsp3) is 0.438. The molecule has 3 N–H and O–H groups in total. The molecule has 23 heavy (non-hydrogen) atoms. The Bertz CT molecular complexity index is 694. The van der Waals surface area contributed by atoms with E-state index in [1.807, 2.05) is 14.1 Å². The van der Waals surface area contributed by atoms with Gasteiger partial charge in [0.1, 0.15) is 5.69 Å². The van der Waals surface area contributed by atoms with Gasteiger partial charge in [0, 0.05) is 11.5 Å². The van der Waals surface area contributed by atoms with Crippen LogP contribution >= 0.6 is 0 Å². The molecule has 126 valence electrons. The van der Waals surface area contributed by atoms with E-state index in [1.54, 1.807) is 33.5 Å². The zero-order valence-electron chi connectivity index (χ0n) is 14.2. The molecule has 1 amide bonds. The van der Waals surface area contributed by atoms with Gasteiger partial charge in [0.25, 0.3) is 5.91 Å². The monoisotopic (exact) mass is 322 g/mol. The normalized spacial score (nSPS) is 10.9. The number of quaternary nitrogens is 1. The molecule has 1 heterocycles. The standard InChI is InChI=1S/C16H23N3O4/c1-19(2)7-6-17-16(20)12-8-10-11(18-12)9-13(21-3)15(23-5)14(10)22-4/h8-9,18H,6-7H2,1-5H3,(H,17,20)/p+1. The van der Waals surface area contributed by atoms with Crippen molar-refractivity contribution in [3.8, 4) is 17.2 Å². The summed E-state index contributed by atoms with van der Waals surface area (Å²) >= 11 is 0. The summed E-state index contributed by atoms with van der Waals surface area (Å²) in [5.74, 6) is 1.43. The molecule has 0 radical (unpaired) electrons. The maximum atomic E-state index is 12.2. The molecule has 0 saturated heterocycles. The van der Waals surface area contributed by atoms with Crippen molar-refractivity contribution in [2.24, 2.45) is 0 Å². The lowest BCUT2D eigenvalue weighted by Crippen LogP contribution is -3.06. The Kier molecular flexibility index (Phi) is 5.33. The van der Waals surface area contributed by atoms with Crippen molar-refractivity contribution in [1.82, 2.24) is 10.3 Å². The van der Waals surface area contributed by atoms with Crippen molar-refractivity contribution in [3.63, 3.8) is 0 Å². The van der Waals surface area contributed by atoms with E-state index in [1.165, 1.54) is 4.90 Å². The van der Waals surface area contributed by atoms with Crippen LogP contribution < -0.4 is 24.4 Å². The highest BCUT2D eigenvalue weighted by Crippen LogP contribution is 2.43. The number of nitrogens with one attached hydrogen (secondary N) is 3. The fourth-order valence-electron chi connectivity index (χ4n) is 2.39. The lowest BCUT2D eigenvalue weighted by Gasteiger charge is -2.12. The summed E-state index contributed by atoms with van der Waals surface area (Å²) in [4.78, 5) is 16.6. The number of methoxy groups -OCH3 is 3. The smallest absolute Gasteiger partial charge is 0.267 e. The number of fused-ring (bicyclic) bond motifs is 1. The van der Waals surface area contributed by atoms with E-state index in [9.17, 15) is 4.79 Å². The van der Waals surface area contributed by atoms with Gasteiger partial charge in [-0.25, -0.2) is 0 Å². The van der Waals surface area contributed by atoms with E-state index < -0.39 is 0 Å². The summed E-state index contributed by atoms with van der Waals surface area (Å²) in [6.07, 6.45) is 0. The van der Waals surface area contributed by atoms with Gasteiger partial charge in [-0.3, -0.25) is 4.79 Å². The third-order valence-corrected chi connectivity index (χ3v) is 3.58. The topological polar surface area (TPSA) is 77.0 Å². The van der Waals surface area contributed by atoms with Crippen molar-refractivity contribution in [2.75, 3.05) is 48.5 Å². The molecule has 2 rings (SSSR count). The summed E-state index contributed by atoms with van der Waals surface area (Å²) in [7, 11) is 8.75. The maximum absolute atomic E-state index is 12.2. The Morgan fingerprint density at radius 1 is 1.13 bits per heavy atom. The number of carbonyl (C=O) groups excluding carboxylic acids is 1. The molecule has 1 aromatic carbocycles. The van der Waals surface area contributed by atoms with E-state index in [0.29, 0.717) is 29.5 Å². The van der Waals surface area contributed by atoms with Gasteiger partial charge in [-0.2, -0.15) is 0 Å². The first-order valence-corrected chi connectivity index (χ1v) is 7.40. The molecule has 0 bridgehead atoms. The molecule has 7 heteroatoms. The molecule has 1 aromatic heterocycles. The van der Waals surface area contributed by atoms with Gasteiger partial charge in [0.05, 0.1) is 54.0 Å². The SMILES string of the molecule is COc1cc2[nH]c(C(=O)NCC[NH+](C)C)cc2c(OC)c1OC. The van der Waals surface area contributed by atoms with Gasteiger partial charge in [-0.1, -0.05) is 0 Å². The molecule has 0 aliphatic carbocycles. The van der Waals surface area contributed by atoms with Crippen LogP contribution in [0.3, 0.4) is 0 Å². The van der Waals surface area contributed by atoms with Gasteiger partial charge < -0.3 is 29.4 Å². The second kappa shape index (κ2) is 7.23. The molecule has 0 aliphatic rings. The molecular formula is C16H24N3O4+. The number of H-pyrrole nitrogens is 1. The zero-order chi connectivity index (χ0) is 17.0. The van der Waals surface area contributed by atoms with E-state index in [-0.39, 0.29) is 5.91 Å². The number of hydrogen-bond acceptors (Lipinski definition) is 4. The van der Waals surface area contributed by atoms with Crippen LogP contribution in [0.15, 0.2) is 12.1 Å². The Balaban J connectivity index is 2.36. The molecule has 0 aliphatic heterocycles. The second-order valence-corrected chi connectivity index (χ2v) is 5.50. The van der Waals surface area contributed by atoms with E-state index in [0.717, 1.165) is 17.4 Å². The Morgan fingerprint density at radius 3 is 2.39 bits per heavy atom. The second-order valence-electron chi connectivity index (χ2n) is 5.50. The van der Waals surface area contributed by atoms with Crippen molar-refractivity contribution in [3.05, 3.63) is 17.8 Å². The third kappa shape index (κ3) is 3.50. The fourth-order valence-corrected chi connectivity index (χ4v) is 2.39. The van der Waals surface area contributed by atoms with Crippen molar-refractivity contribution in [1.29, 1.82) is 0 Å². The summed E-state index contributed by atoms with van der Waals surface area (Å²) in [5, 5.41) is 3.66. The Labute approximate surface area is 135 Å². The summed E-state index contributed by atoms with van der Waals surface area (Å²) in [6, 6.07) is 3.55. The number of ether oxygens (including phenoxy) is 3. The van der Waals surface area contributed by atoms with Crippen LogP contribution in [0.25, 0.3) is 10.9 Å². The van der Waals surface area contributed by atoms with E-state index in [2.05, 4.69) is 10.3 Å². The van der Waals surface area contributed by atoms with Crippen LogP contribution in [-0.4, -0.2) is 59.4 Å². The molecule has 7 nitrogen and oxygen atoms in total.